The van der Waals surface area contributed by atoms with Crippen molar-refractivity contribution in [2.75, 3.05) is 0 Å². The first-order valence-electron chi connectivity index (χ1n) is 8.60. The van der Waals surface area contributed by atoms with E-state index in [2.05, 4.69) is 20.3 Å². The molecule has 5 heteroatoms. The Bertz CT molecular complexity index is 981. The summed E-state index contributed by atoms with van der Waals surface area (Å²) >= 11 is 0. The van der Waals surface area contributed by atoms with Gasteiger partial charge < -0.3 is 5.32 Å². The van der Waals surface area contributed by atoms with Gasteiger partial charge in [-0.15, -0.1) is 0 Å². The molecule has 0 fully saturated rings. The summed E-state index contributed by atoms with van der Waals surface area (Å²) in [7, 11) is 0. The summed E-state index contributed by atoms with van der Waals surface area (Å²) in [5.74, 6) is 0.547. The summed E-state index contributed by atoms with van der Waals surface area (Å²) in [4.78, 5) is 26.2. The van der Waals surface area contributed by atoms with Crippen LogP contribution < -0.4 is 5.32 Å². The first kappa shape index (κ1) is 15.7. The molecule has 0 saturated heterocycles. The minimum Gasteiger partial charge on any atom is -0.345 e. The number of pyridine rings is 1. The Morgan fingerprint density at radius 2 is 2.04 bits per heavy atom. The van der Waals surface area contributed by atoms with E-state index < -0.39 is 0 Å². The number of carbonyl (C=O) groups excluding carboxylic acids is 1. The first-order chi connectivity index (χ1) is 12.1. The van der Waals surface area contributed by atoms with Gasteiger partial charge in [0.15, 0.2) is 0 Å². The molecule has 1 aromatic carbocycles. The Balaban J connectivity index is 1.59. The van der Waals surface area contributed by atoms with Crippen LogP contribution in [-0.4, -0.2) is 20.9 Å². The molecule has 1 N–H and O–H groups in total. The van der Waals surface area contributed by atoms with E-state index in [0.717, 1.165) is 47.1 Å². The number of rotatable bonds is 3. The van der Waals surface area contributed by atoms with E-state index in [1.165, 1.54) is 5.56 Å². The zero-order chi connectivity index (χ0) is 17.4. The van der Waals surface area contributed by atoms with E-state index in [-0.39, 0.29) is 5.91 Å². The molecule has 3 aromatic rings. The van der Waals surface area contributed by atoms with Crippen LogP contribution in [0.4, 0.5) is 0 Å². The molecule has 1 amide bonds. The van der Waals surface area contributed by atoms with Crippen molar-refractivity contribution in [3.8, 4) is 0 Å². The maximum Gasteiger partial charge on any atom is 0.252 e. The lowest BCUT2D eigenvalue weighted by atomic mass is 10.0. The van der Waals surface area contributed by atoms with Crippen LogP contribution in [0.5, 0.6) is 0 Å². The number of nitrogens with zero attached hydrogens (tertiary/aromatic N) is 3. The smallest absolute Gasteiger partial charge is 0.252 e. The first-order valence-corrected chi connectivity index (χ1v) is 8.60. The zero-order valence-corrected chi connectivity index (χ0v) is 14.5. The fourth-order valence-electron chi connectivity index (χ4n) is 3.35. The predicted molar refractivity (Wildman–Crippen MR) is 96.4 cm³/mol. The van der Waals surface area contributed by atoms with Gasteiger partial charge in [-0.05, 0) is 56.9 Å². The number of aryl methyl sites for hydroxylation is 4. The second kappa shape index (κ2) is 6.24. The highest BCUT2D eigenvalue weighted by atomic mass is 16.1. The van der Waals surface area contributed by atoms with Gasteiger partial charge in [-0.25, -0.2) is 9.97 Å². The summed E-state index contributed by atoms with van der Waals surface area (Å²) in [6.45, 7) is 4.25. The van der Waals surface area contributed by atoms with Crippen LogP contribution in [0.3, 0.4) is 0 Å². The van der Waals surface area contributed by atoms with Gasteiger partial charge in [0, 0.05) is 23.0 Å². The van der Waals surface area contributed by atoms with Crippen molar-refractivity contribution < 1.29 is 4.79 Å². The Morgan fingerprint density at radius 3 is 2.92 bits per heavy atom. The number of carbonyl (C=O) groups is 1. The van der Waals surface area contributed by atoms with E-state index in [9.17, 15) is 4.79 Å². The van der Waals surface area contributed by atoms with Gasteiger partial charge in [-0.1, -0.05) is 11.6 Å². The number of benzene rings is 1. The molecule has 4 rings (SSSR count). The molecule has 0 atom stereocenters. The van der Waals surface area contributed by atoms with Crippen molar-refractivity contribution in [3.05, 3.63) is 64.4 Å². The second-order valence-corrected chi connectivity index (χ2v) is 6.63. The second-order valence-electron chi connectivity index (χ2n) is 6.63. The largest absolute Gasteiger partial charge is 0.345 e. The SMILES string of the molecule is Cc1ccc2nc(C)cc(C(=O)NCc3ncc4c(n3)CCC4)c2c1. The van der Waals surface area contributed by atoms with Crippen molar-refractivity contribution in [1.82, 2.24) is 20.3 Å². The summed E-state index contributed by atoms with van der Waals surface area (Å²) in [5.41, 5.74) is 5.78. The molecule has 0 saturated carbocycles. The molecule has 1 aliphatic rings. The van der Waals surface area contributed by atoms with Crippen molar-refractivity contribution in [3.63, 3.8) is 0 Å². The molecule has 0 unspecified atom stereocenters. The van der Waals surface area contributed by atoms with Crippen LogP contribution in [0.25, 0.3) is 10.9 Å². The van der Waals surface area contributed by atoms with Gasteiger partial charge >= 0.3 is 0 Å². The third-order valence-corrected chi connectivity index (χ3v) is 4.61. The lowest BCUT2D eigenvalue weighted by Crippen LogP contribution is -2.24. The fraction of sp³-hybridized carbons (Fsp3) is 0.300. The van der Waals surface area contributed by atoms with E-state index >= 15 is 0 Å². The minimum atomic E-state index is -0.120. The molecule has 1 aliphatic carbocycles. The van der Waals surface area contributed by atoms with Crippen LogP contribution in [-0.2, 0) is 19.4 Å². The zero-order valence-electron chi connectivity index (χ0n) is 14.5. The average molecular weight is 332 g/mol. The van der Waals surface area contributed by atoms with Gasteiger partial charge in [0.25, 0.3) is 5.91 Å². The highest BCUT2D eigenvalue weighted by Gasteiger charge is 2.15. The molecule has 2 heterocycles. The van der Waals surface area contributed by atoms with E-state index in [4.69, 9.17) is 0 Å². The number of aromatic nitrogens is 3. The van der Waals surface area contributed by atoms with Crippen molar-refractivity contribution >= 4 is 16.8 Å². The maximum atomic E-state index is 12.7. The number of nitrogens with one attached hydrogen (secondary N) is 1. The van der Waals surface area contributed by atoms with Crippen LogP contribution >= 0.6 is 0 Å². The molecule has 5 nitrogen and oxygen atoms in total. The highest BCUT2D eigenvalue weighted by Crippen LogP contribution is 2.21. The molecular formula is C20H20N4O. The van der Waals surface area contributed by atoms with Gasteiger partial charge in [-0.2, -0.15) is 0 Å². The molecule has 0 bridgehead atoms. The lowest BCUT2D eigenvalue weighted by molar-refractivity contribution is 0.0951. The fourth-order valence-corrected chi connectivity index (χ4v) is 3.35. The molecule has 2 aromatic heterocycles. The van der Waals surface area contributed by atoms with Gasteiger partial charge in [0.05, 0.1) is 17.6 Å². The van der Waals surface area contributed by atoms with Gasteiger partial charge in [-0.3, -0.25) is 9.78 Å². The maximum absolute atomic E-state index is 12.7. The van der Waals surface area contributed by atoms with Crippen LogP contribution in [0, 0.1) is 13.8 Å². The topological polar surface area (TPSA) is 67.8 Å². The number of hydrogen-bond donors (Lipinski definition) is 1. The summed E-state index contributed by atoms with van der Waals surface area (Å²) in [6.07, 6.45) is 5.10. The van der Waals surface area contributed by atoms with Crippen molar-refractivity contribution in [1.29, 1.82) is 0 Å². The molecular weight excluding hydrogens is 312 g/mol. The Hall–Kier alpha value is -2.82. The van der Waals surface area contributed by atoms with E-state index in [0.29, 0.717) is 17.9 Å². The van der Waals surface area contributed by atoms with Crippen molar-refractivity contribution in [2.45, 2.75) is 39.7 Å². The third-order valence-electron chi connectivity index (χ3n) is 4.61. The summed E-state index contributed by atoms with van der Waals surface area (Å²) < 4.78 is 0. The van der Waals surface area contributed by atoms with Crippen LogP contribution in [0.2, 0.25) is 0 Å². The average Bonchev–Trinajstić information content (AvgIpc) is 3.07. The molecule has 25 heavy (non-hydrogen) atoms. The van der Waals surface area contributed by atoms with Gasteiger partial charge in [0.1, 0.15) is 5.82 Å². The Morgan fingerprint density at radius 1 is 1.16 bits per heavy atom. The summed E-state index contributed by atoms with van der Waals surface area (Å²) in [6, 6.07) is 7.80. The quantitative estimate of drug-likeness (QED) is 0.800. The Kier molecular flexibility index (Phi) is 3.92. The number of hydrogen-bond acceptors (Lipinski definition) is 4. The predicted octanol–water partition coefficient (Wildman–Crippen LogP) is 3.06. The standard InChI is InChI=1S/C20H20N4O/c1-12-6-7-18-15(8-12)16(9-13(2)23-18)20(25)22-11-19-21-10-14-4-3-5-17(14)24-19/h6-10H,3-5,11H2,1-2H3,(H,22,25). The van der Waals surface area contributed by atoms with Gasteiger partial charge in [0.2, 0.25) is 0 Å². The highest BCUT2D eigenvalue weighted by molar-refractivity contribution is 6.06. The van der Waals surface area contributed by atoms with Crippen LogP contribution in [0.15, 0.2) is 30.5 Å². The molecule has 0 aliphatic heterocycles. The molecule has 0 spiro atoms. The third kappa shape index (κ3) is 3.09. The van der Waals surface area contributed by atoms with Crippen LogP contribution in [0.1, 0.15) is 45.1 Å². The minimum absolute atomic E-state index is 0.120. The lowest BCUT2D eigenvalue weighted by Gasteiger charge is -2.10. The Labute approximate surface area is 146 Å². The molecule has 126 valence electrons. The number of amides is 1. The number of fused-ring (bicyclic) bond motifs is 2. The monoisotopic (exact) mass is 332 g/mol. The van der Waals surface area contributed by atoms with E-state index in [1.54, 1.807) is 0 Å². The summed E-state index contributed by atoms with van der Waals surface area (Å²) in [5, 5.41) is 3.83. The molecule has 0 radical (unpaired) electrons. The van der Waals surface area contributed by atoms with E-state index in [1.807, 2.05) is 44.3 Å². The van der Waals surface area contributed by atoms with Crippen molar-refractivity contribution in [2.24, 2.45) is 0 Å². The normalized spacial score (nSPS) is 13.0.